The molecule has 1 aromatic heterocycles. The number of hydrogen-bond acceptors (Lipinski definition) is 4. The zero-order valence-corrected chi connectivity index (χ0v) is 19.6. The molecule has 0 N–H and O–H groups in total. The number of halogens is 2. The summed E-state index contributed by atoms with van der Waals surface area (Å²) >= 11 is 11.4. The average molecular weight is 461 g/mol. The van der Waals surface area contributed by atoms with E-state index in [4.69, 9.17) is 37.4 Å². The van der Waals surface area contributed by atoms with E-state index in [9.17, 15) is 0 Å². The maximum absolute atomic E-state index is 6.18. The molecule has 0 spiro atoms. The zero-order chi connectivity index (χ0) is 22.4. The second-order valence-electron chi connectivity index (χ2n) is 7.00. The highest BCUT2D eigenvalue weighted by Gasteiger charge is 2.16. The van der Waals surface area contributed by atoms with E-state index in [1.807, 2.05) is 48.0 Å². The average Bonchev–Trinajstić information content (AvgIpc) is 3.05. The standard InChI is InChI=1S/C24H26Cl2N2O3/c1-5-7-22-16(3)27-28(6-2)24(22)31-21-14-12-20(13-15-21)30-19-10-8-18(9-11-19)29-17(4)23(25)26/h8-15H,5-7H2,1-4H3. The molecular formula is C24H26Cl2N2O3. The lowest BCUT2D eigenvalue weighted by Crippen LogP contribution is -2.01. The summed E-state index contributed by atoms with van der Waals surface area (Å²) in [6, 6.07) is 14.7. The van der Waals surface area contributed by atoms with Gasteiger partial charge in [0.05, 0.1) is 5.69 Å². The molecule has 0 bridgehead atoms. The molecule has 0 radical (unpaired) electrons. The molecule has 0 atom stereocenters. The third kappa shape index (κ3) is 5.96. The molecule has 3 aromatic rings. The third-order valence-electron chi connectivity index (χ3n) is 4.63. The van der Waals surface area contributed by atoms with E-state index < -0.39 is 0 Å². The molecule has 0 saturated heterocycles. The van der Waals surface area contributed by atoms with Gasteiger partial charge in [-0.15, -0.1) is 0 Å². The van der Waals surface area contributed by atoms with Crippen LogP contribution in [0.5, 0.6) is 28.9 Å². The molecule has 7 heteroatoms. The van der Waals surface area contributed by atoms with Crippen LogP contribution in [-0.2, 0) is 13.0 Å². The third-order valence-corrected chi connectivity index (χ3v) is 5.17. The molecule has 5 nitrogen and oxygen atoms in total. The first-order valence-electron chi connectivity index (χ1n) is 10.2. The number of aromatic nitrogens is 2. The van der Waals surface area contributed by atoms with Gasteiger partial charge < -0.3 is 14.2 Å². The number of allylic oxidation sites excluding steroid dienone is 1. The summed E-state index contributed by atoms with van der Waals surface area (Å²) in [6.07, 6.45) is 1.98. The Kier molecular flexibility index (Phi) is 7.88. The number of ether oxygens (including phenoxy) is 3. The Morgan fingerprint density at radius 2 is 1.39 bits per heavy atom. The molecule has 0 saturated carbocycles. The fraction of sp³-hybridized carbons (Fsp3) is 0.292. The molecule has 31 heavy (non-hydrogen) atoms. The van der Waals surface area contributed by atoms with Crippen LogP contribution >= 0.6 is 23.2 Å². The molecule has 0 aliphatic carbocycles. The van der Waals surface area contributed by atoms with Crippen LogP contribution in [0, 0.1) is 6.92 Å². The van der Waals surface area contributed by atoms with Crippen molar-refractivity contribution in [3.8, 4) is 28.9 Å². The van der Waals surface area contributed by atoms with Gasteiger partial charge in [0.2, 0.25) is 5.88 Å². The molecule has 164 valence electrons. The van der Waals surface area contributed by atoms with Crippen molar-refractivity contribution < 1.29 is 14.2 Å². The van der Waals surface area contributed by atoms with E-state index in [-0.39, 0.29) is 4.49 Å². The van der Waals surface area contributed by atoms with E-state index in [1.165, 1.54) is 0 Å². The predicted octanol–water partition coefficient (Wildman–Crippen LogP) is 7.79. The Morgan fingerprint density at radius 3 is 1.87 bits per heavy atom. The van der Waals surface area contributed by atoms with Crippen molar-refractivity contribution >= 4 is 23.2 Å². The minimum Gasteiger partial charge on any atom is -0.460 e. The van der Waals surface area contributed by atoms with Gasteiger partial charge in [0, 0.05) is 12.1 Å². The van der Waals surface area contributed by atoms with Gasteiger partial charge in [0.1, 0.15) is 33.2 Å². The van der Waals surface area contributed by atoms with E-state index >= 15 is 0 Å². The maximum atomic E-state index is 6.18. The number of nitrogens with zero attached hydrogens (tertiary/aromatic N) is 2. The van der Waals surface area contributed by atoms with E-state index in [0.29, 0.717) is 23.0 Å². The number of hydrogen-bond donors (Lipinski definition) is 0. The fourth-order valence-electron chi connectivity index (χ4n) is 3.08. The molecular weight excluding hydrogens is 435 g/mol. The van der Waals surface area contributed by atoms with Gasteiger partial charge in [-0.25, -0.2) is 4.68 Å². The van der Waals surface area contributed by atoms with Crippen LogP contribution < -0.4 is 14.2 Å². The monoisotopic (exact) mass is 460 g/mol. The van der Waals surface area contributed by atoms with E-state index in [0.717, 1.165) is 42.3 Å². The Bertz CT molecular complexity index is 1040. The predicted molar refractivity (Wildman–Crippen MR) is 125 cm³/mol. The van der Waals surface area contributed by atoms with Crippen LogP contribution in [0.1, 0.15) is 38.4 Å². The van der Waals surface area contributed by atoms with Gasteiger partial charge in [-0.05, 0) is 75.7 Å². The molecule has 0 aliphatic rings. The Hall–Kier alpha value is -2.63. The molecule has 0 unspecified atom stereocenters. The van der Waals surface area contributed by atoms with E-state index in [1.54, 1.807) is 19.1 Å². The van der Waals surface area contributed by atoms with Crippen molar-refractivity contribution in [2.24, 2.45) is 0 Å². The zero-order valence-electron chi connectivity index (χ0n) is 18.1. The van der Waals surface area contributed by atoms with Gasteiger partial charge in [0.15, 0.2) is 0 Å². The lowest BCUT2D eigenvalue weighted by atomic mass is 10.1. The van der Waals surface area contributed by atoms with Gasteiger partial charge in [-0.1, -0.05) is 36.5 Å². The van der Waals surface area contributed by atoms with Gasteiger partial charge >= 0.3 is 0 Å². The van der Waals surface area contributed by atoms with Crippen LogP contribution in [0.25, 0.3) is 0 Å². The molecule has 2 aromatic carbocycles. The lowest BCUT2D eigenvalue weighted by Gasteiger charge is -2.11. The van der Waals surface area contributed by atoms with Crippen LogP contribution in [0.2, 0.25) is 0 Å². The first-order chi connectivity index (χ1) is 14.9. The highest BCUT2D eigenvalue weighted by Crippen LogP contribution is 2.31. The topological polar surface area (TPSA) is 45.5 Å². The second-order valence-corrected chi connectivity index (χ2v) is 7.95. The summed E-state index contributed by atoms with van der Waals surface area (Å²) in [5.74, 6) is 4.00. The summed E-state index contributed by atoms with van der Waals surface area (Å²) in [4.78, 5) is 0. The summed E-state index contributed by atoms with van der Waals surface area (Å²) in [7, 11) is 0. The van der Waals surface area contributed by atoms with Crippen LogP contribution in [-0.4, -0.2) is 9.78 Å². The summed E-state index contributed by atoms with van der Waals surface area (Å²) in [6.45, 7) is 8.70. The highest BCUT2D eigenvalue weighted by atomic mass is 35.5. The molecule has 0 aliphatic heterocycles. The minimum atomic E-state index is 0.0987. The van der Waals surface area contributed by atoms with Crippen molar-refractivity contribution in [2.45, 2.75) is 47.1 Å². The molecule has 1 heterocycles. The van der Waals surface area contributed by atoms with Crippen molar-refractivity contribution in [1.82, 2.24) is 9.78 Å². The smallest absolute Gasteiger partial charge is 0.221 e. The number of aryl methyl sites for hydroxylation is 2. The SMILES string of the molecule is CCCc1c(C)nn(CC)c1Oc1ccc(Oc2ccc(OC(C)=C(Cl)Cl)cc2)cc1. The highest BCUT2D eigenvalue weighted by molar-refractivity contribution is 6.56. The Balaban J connectivity index is 1.68. The molecule has 0 amide bonds. The largest absolute Gasteiger partial charge is 0.460 e. The van der Waals surface area contributed by atoms with Crippen molar-refractivity contribution in [1.29, 1.82) is 0 Å². The summed E-state index contributed by atoms with van der Waals surface area (Å²) in [5, 5.41) is 4.59. The van der Waals surface area contributed by atoms with Crippen LogP contribution in [0.3, 0.4) is 0 Å². The molecule has 0 fully saturated rings. The minimum absolute atomic E-state index is 0.0987. The van der Waals surface area contributed by atoms with Crippen molar-refractivity contribution in [3.63, 3.8) is 0 Å². The quantitative estimate of drug-likeness (QED) is 0.305. The van der Waals surface area contributed by atoms with E-state index in [2.05, 4.69) is 18.9 Å². The van der Waals surface area contributed by atoms with Gasteiger partial charge in [0.25, 0.3) is 0 Å². The first-order valence-corrected chi connectivity index (χ1v) is 11.0. The summed E-state index contributed by atoms with van der Waals surface area (Å²) in [5.41, 5.74) is 2.18. The number of rotatable bonds is 9. The summed E-state index contributed by atoms with van der Waals surface area (Å²) < 4.78 is 19.6. The fourth-order valence-corrected chi connectivity index (χ4v) is 3.16. The van der Waals surface area contributed by atoms with Crippen LogP contribution in [0.4, 0.5) is 0 Å². The molecule has 3 rings (SSSR count). The van der Waals surface area contributed by atoms with Crippen molar-refractivity contribution in [2.75, 3.05) is 0 Å². The van der Waals surface area contributed by atoms with Crippen LogP contribution in [0.15, 0.2) is 58.8 Å². The normalized spacial score (nSPS) is 10.6. The maximum Gasteiger partial charge on any atom is 0.221 e. The lowest BCUT2D eigenvalue weighted by molar-refractivity contribution is 0.410. The Morgan fingerprint density at radius 1 is 0.871 bits per heavy atom. The van der Waals surface area contributed by atoms with Gasteiger partial charge in [-0.3, -0.25) is 0 Å². The van der Waals surface area contributed by atoms with Crippen molar-refractivity contribution in [3.05, 3.63) is 70.0 Å². The second kappa shape index (κ2) is 10.6. The number of benzene rings is 2. The first kappa shape index (κ1) is 23.0. The van der Waals surface area contributed by atoms with Gasteiger partial charge in [-0.2, -0.15) is 5.10 Å². The Labute approximate surface area is 193 Å².